The highest BCUT2D eigenvalue weighted by Crippen LogP contribution is 2.25. The van der Waals surface area contributed by atoms with E-state index in [1.165, 1.54) is 5.56 Å². The lowest BCUT2D eigenvalue weighted by Crippen LogP contribution is -2.02. The fraction of sp³-hybridized carbons (Fsp3) is 0.333. The van der Waals surface area contributed by atoms with Crippen molar-refractivity contribution < 1.29 is 0 Å². The van der Waals surface area contributed by atoms with Gasteiger partial charge in [-0.05, 0) is 53.1 Å². The number of halogens is 1. The molecule has 1 aromatic carbocycles. The predicted molar refractivity (Wildman–Crippen MR) is 75.2 cm³/mol. The molecule has 0 unspecified atom stereocenters. The molecular weight excluding hydrogens is 298 g/mol. The Morgan fingerprint density at radius 2 is 2.24 bits per heavy atom. The van der Waals surface area contributed by atoms with Crippen molar-refractivity contribution in [2.75, 3.05) is 0 Å². The summed E-state index contributed by atoms with van der Waals surface area (Å²) in [5.41, 5.74) is 2.24. The molecule has 0 amide bonds. The van der Waals surface area contributed by atoms with Gasteiger partial charge in [0.25, 0.3) is 0 Å². The van der Waals surface area contributed by atoms with Crippen LogP contribution < -0.4 is 0 Å². The van der Waals surface area contributed by atoms with E-state index in [4.69, 9.17) is 12.2 Å². The molecule has 2 aromatic rings. The molecule has 0 spiro atoms. The number of nitrogens with zero attached hydrogens (tertiary/aromatic N) is 2. The van der Waals surface area contributed by atoms with Crippen molar-refractivity contribution in [3.8, 4) is 5.69 Å². The first-order chi connectivity index (χ1) is 8.15. The number of aromatic amines is 1. The van der Waals surface area contributed by atoms with Crippen molar-refractivity contribution in [1.82, 2.24) is 14.8 Å². The Labute approximate surface area is 114 Å². The number of benzene rings is 1. The van der Waals surface area contributed by atoms with Crippen molar-refractivity contribution >= 4 is 28.1 Å². The Kier molecular flexibility index (Phi) is 3.79. The Bertz CT molecular complexity index is 586. The molecule has 17 heavy (non-hydrogen) atoms. The second kappa shape index (κ2) is 5.14. The molecule has 0 aliphatic heterocycles. The zero-order chi connectivity index (χ0) is 12.4. The van der Waals surface area contributed by atoms with Crippen LogP contribution in [0.1, 0.15) is 24.7 Å². The molecule has 0 aliphatic rings. The van der Waals surface area contributed by atoms with Crippen LogP contribution in [-0.2, 0) is 6.42 Å². The summed E-state index contributed by atoms with van der Waals surface area (Å²) in [6.07, 6.45) is 1.95. The quantitative estimate of drug-likeness (QED) is 0.871. The molecule has 1 N–H and O–H groups in total. The monoisotopic (exact) mass is 311 g/mol. The predicted octanol–water partition coefficient (Wildman–Crippen LogP) is 3.95. The SMILES string of the molecule is CCCc1n[nH]c(=S)n1-c1cccc(C)c1Br. The average molecular weight is 312 g/mol. The molecule has 90 valence electrons. The molecular formula is C12H14BrN3S. The normalized spacial score (nSPS) is 10.8. The second-order valence-electron chi connectivity index (χ2n) is 3.94. The first-order valence-electron chi connectivity index (χ1n) is 5.57. The van der Waals surface area contributed by atoms with E-state index in [9.17, 15) is 0 Å². The van der Waals surface area contributed by atoms with Gasteiger partial charge in [-0.1, -0.05) is 19.1 Å². The summed E-state index contributed by atoms with van der Waals surface area (Å²) in [5, 5.41) is 7.14. The van der Waals surface area contributed by atoms with Crippen molar-refractivity contribution in [2.24, 2.45) is 0 Å². The van der Waals surface area contributed by atoms with Gasteiger partial charge in [-0.25, -0.2) is 0 Å². The van der Waals surface area contributed by atoms with Crippen molar-refractivity contribution in [3.05, 3.63) is 38.8 Å². The van der Waals surface area contributed by atoms with Gasteiger partial charge in [0, 0.05) is 10.9 Å². The molecule has 0 saturated carbocycles. The van der Waals surface area contributed by atoms with E-state index in [1.54, 1.807) is 0 Å². The fourth-order valence-electron chi connectivity index (χ4n) is 1.77. The van der Waals surface area contributed by atoms with Gasteiger partial charge in [0.1, 0.15) is 5.82 Å². The molecule has 0 saturated heterocycles. The topological polar surface area (TPSA) is 33.6 Å². The lowest BCUT2D eigenvalue weighted by atomic mass is 10.2. The molecule has 0 atom stereocenters. The van der Waals surface area contributed by atoms with Crippen LogP contribution in [0.3, 0.4) is 0 Å². The molecule has 0 aliphatic carbocycles. The second-order valence-corrected chi connectivity index (χ2v) is 5.12. The fourth-order valence-corrected chi connectivity index (χ4v) is 2.46. The lowest BCUT2D eigenvalue weighted by molar-refractivity contribution is 0.799. The minimum absolute atomic E-state index is 0.639. The minimum Gasteiger partial charge on any atom is -0.271 e. The zero-order valence-electron chi connectivity index (χ0n) is 9.83. The van der Waals surface area contributed by atoms with Gasteiger partial charge < -0.3 is 0 Å². The Hall–Kier alpha value is -0.940. The van der Waals surface area contributed by atoms with E-state index >= 15 is 0 Å². The zero-order valence-corrected chi connectivity index (χ0v) is 12.2. The number of aromatic nitrogens is 3. The van der Waals surface area contributed by atoms with E-state index in [-0.39, 0.29) is 0 Å². The maximum absolute atomic E-state index is 5.30. The number of H-pyrrole nitrogens is 1. The van der Waals surface area contributed by atoms with E-state index in [1.807, 2.05) is 16.7 Å². The molecule has 1 heterocycles. The van der Waals surface area contributed by atoms with Gasteiger partial charge in [-0.2, -0.15) is 5.10 Å². The van der Waals surface area contributed by atoms with Crippen LogP contribution in [0.4, 0.5) is 0 Å². The first kappa shape index (κ1) is 12.5. The summed E-state index contributed by atoms with van der Waals surface area (Å²) < 4.78 is 3.70. The van der Waals surface area contributed by atoms with Crippen LogP contribution in [-0.4, -0.2) is 14.8 Å². The largest absolute Gasteiger partial charge is 0.271 e. The van der Waals surface area contributed by atoms with Crippen LogP contribution in [0.2, 0.25) is 0 Å². The van der Waals surface area contributed by atoms with Gasteiger partial charge in [-0.15, -0.1) is 0 Å². The summed E-state index contributed by atoms with van der Waals surface area (Å²) >= 11 is 8.91. The standard InChI is InChI=1S/C12H14BrN3S/c1-3-5-10-14-15-12(17)16(10)9-7-4-6-8(2)11(9)13/h4,6-7H,3,5H2,1-2H3,(H,15,17). The third-order valence-corrected chi connectivity index (χ3v) is 3.93. The summed E-state index contributed by atoms with van der Waals surface area (Å²) in [5.74, 6) is 0.976. The third-order valence-electron chi connectivity index (χ3n) is 2.63. The summed E-state index contributed by atoms with van der Waals surface area (Å²) in [7, 11) is 0. The number of rotatable bonds is 3. The molecule has 0 bridgehead atoms. The number of aryl methyl sites for hydroxylation is 2. The number of hydrogen-bond acceptors (Lipinski definition) is 2. The highest BCUT2D eigenvalue weighted by atomic mass is 79.9. The van der Waals surface area contributed by atoms with Crippen molar-refractivity contribution in [3.63, 3.8) is 0 Å². The number of nitrogens with one attached hydrogen (secondary N) is 1. The van der Waals surface area contributed by atoms with E-state index in [0.29, 0.717) is 4.77 Å². The molecule has 0 fully saturated rings. The maximum Gasteiger partial charge on any atom is 0.199 e. The van der Waals surface area contributed by atoms with Gasteiger partial charge in [0.2, 0.25) is 0 Å². The number of hydrogen-bond donors (Lipinski definition) is 1. The summed E-state index contributed by atoms with van der Waals surface area (Å²) in [6, 6.07) is 6.14. The van der Waals surface area contributed by atoms with E-state index in [0.717, 1.165) is 28.8 Å². The van der Waals surface area contributed by atoms with Gasteiger partial charge in [-0.3, -0.25) is 9.67 Å². The Balaban J connectivity index is 2.63. The Morgan fingerprint density at radius 3 is 2.94 bits per heavy atom. The maximum atomic E-state index is 5.30. The minimum atomic E-state index is 0.639. The molecule has 3 nitrogen and oxygen atoms in total. The molecule has 2 rings (SSSR count). The summed E-state index contributed by atoms with van der Waals surface area (Å²) in [4.78, 5) is 0. The molecule has 0 radical (unpaired) electrons. The smallest absolute Gasteiger partial charge is 0.199 e. The average Bonchev–Trinajstić information content (AvgIpc) is 2.65. The highest BCUT2D eigenvalue weighted by Gasteiger charge is 2.11. The first-order valence-corrected chi connectivity index (χ1v) is 6.77. The highest BCUT2D eigenvalue weighted by molar-refractivity contribution is 9.10. The Morgan fingerprint density at radius 1 is 1.47 bits per heavy atom. The lowest BCUT2D eigenvalue weighted by Gasteiger charge is -2.10. The van der Waals surface area contributed by atoms with Crippen LogP contribution >= 0.6 is 28.1 Å². The van der Waals surface area contributed by atoms with Crippen LogP contribution in [0.5, 0.6) is 0 Å². The molecule has 5 heteroatoms. The van der Waals surface area contributed by atoms with E-state index in [2.05, 4.69) is 46.0 Å². The van der Waals surface area contributed by atoms with Gasteiger partial charge in [0.05, 0.1) is 5.69 Å². The van der Waals surface area contributed by atoms with Crippen LogP contribution in [0.15, 0.2) is 22.7 Å². The van der Waals surface area contributed by atoms with Gasteiger partial charge >= 0.3 is 0 Å². The summed E-state index contributed by atoms with van der Waals surface area (Å²) in [6.45, 7) is 4.20. The third kappa shape index (κ3) is 2.35. The van der Waals surface area contributed by atoms with Crippen molar-refractivity contribution in [2.45, 2.75) is 26.7 Å². The van der Waals surface area contributed by atoms with Crippen LogP contribution in [0.25, 0.3) is 5.69 Å². The van der Waals surface area contributed by atoms with Gasteiger partial charge in [0.15, 0.2) is 4.77 Å². The van der Waals surface area contributed by atoms with Crippen LogP contribution in [0, 0.1) is 11.7 Å². The van der Waals surface area contributed by atoms with E-state index < -0.39 is 0 Å². The van der Waals surface area contributed by atoms with Crippen molar-refractivity contribution in [1.29, 1.82) is 0 Å². The molecule has 1 aromatic heterocycles.